The van der Waals surface area contributed by atoms with Gasteiger partial charge in [-0.1, -0.05) is 24.3 Å². The first-order valence-corrected chi connectivity index (χ1v) is 8.49. The Morgan fingerprint density at radius 1 is 1.12 bits per heavy atom. The van der Waals surface area contributed by atoms with Gasteiger partial charge in [0.25, 0.3) is 0 Å². The first kappa shape index (κ1) is 22.1. The predicted octanol–water partition coefficient (Wildman–Crippen LogP) is 3.20. The number of nitrogens with one attached hydrogen (secondary N) is 2. The second-order valence-corrected chi connectivity index (χ2v) is 5.84. The minimum Gasteiger partial charge on any atom is -0.363 e. The number of nitrogens with zero attached hydrogens (tertiary/aromatic N) is 3. The lowest BCUT2D eigenvalue weighted by molar-refractivity contribution is 0.606. The van der Waals surface area contributed by atoms with E-state index in [1.54, 1.807) is 12.1 Å². The lowest BCUT2D eigenvalue weighted by Gasteiger charge is -2.13. The average Bonchev–Trinajstić information content (AvgIpc) is 2.61. The number of benzene rings is 1. The Kier molecular flexibility index (Phi) is 9.93. The van der Waals surface area contributed by atoms with Crippen molar-refractivity contribution in [3.8, 4) is 0 Å². The van der Waals surface area contributed by atoms with Crippen LogP contribution in [-0.4, -0.2) is 38.1 Å². The van der Waals surface area contributed by atoms with Gasteiger partial charge in [-0.05, 0) is 37.1 Å². The van der Waals surface area contributed by atoms with Gasteiger partial charge in [0, 0.05) is 27.2 Å². The van der Waals surface area contributed by atoms with Gasteiger partial charge in [0.15, 0.2) is 5.96 Å². The fourth-order valence-corrected chi connectivity index (χ4v) is 2.32. The summed E-state index contributed by atoms with van der Waals surface area (Å²) in [5.74, 6) is 1.44. The van der Waals surface area contributed by atoms with Gasteiger partial charge in [0.05, 0.1) is 12.2 Å². The molecule has 142 valence electrons. The summed E-state index contributed by atoms with van der Waals surface area (Å²) < 4.78 is 13.6. The van der Waals surface area contributed by atoms with Crippen LogP contribution in [0, 0.1) is 5.82 Å². The fourth-order valence-electron chi connectivity index (χ4n) is 2.32. The SMILES string of the molecule is CCNC(=NCc1cccc(N(C)C)n1)NCCc1ccccc1F.I. The highest BCUT2D eigenvalue weighted by Crippen LogP contribution is 2.09. The van der Waals surface area contributed by atoms with Gasteiger partial charge in [-0.3, -0.25) is 0 Å². The number of pyridine rings is 1. The van der Waals surface area contributed by atoms with E-state index in [2.05, 4.69) is 20.6 Å². The Morgan fingerprint density at radius 2 is 1.88 bits per heavy atom. The van der Waals surface area contributed by atoms with E-state index < -0.39 is 0 Å². The summed E-state index contributed by atoms with van der Waals surface area (Å²) in [6.07, 6.45) is 0.603. The first-order valence-electron chi connectivity index (χ1n) is 8.49. The number of aromatic nitrogens is 1. The molecule has 0 saturated carbocycles. The van der Waals surface area contributed by atoms with Crippen molar-refractivity contribution in [3.05, 3.63) is 59.5 Å². The molecule has 0 amide bonds. The number of hydrogen-bond donors (Lipinski definition) is 2. The van der Waals surface area contributed by atoms with Crippen LogP contribution < -0.4 is 15.5 Å². The number of aliphatic imine (C=N–C) groups is 1. The monoisotopic (exact) mass is 471 g/mol. The molecule has 0 radical (unpaired) electrons. The Bertz CT molecular complexity index is 706. The summed E-state index contributed by atoms with van der Waals surface area (Å²) in [7, 11) is 3.92. The highest BCUT2D eigenvalue weighted by Gasteiger charge is 2.03. The molecular weight excluding hydrogens is 444 g/mol. The summed E-state index contributed by atoms with van der Waals surface area (Å²) >= 11 is 0. The molecule has 1 aromatic carbocycles. The highest BCUT2D eigenvalue weighted by molar-refractivity contribution is 14.0. The smallest absolute Gasteiger partial charge is 0.191 e. The lowest BCUT2D eigenvalue weighted by atomic mass is 10.1. The van der Waals surface area contributed by atoms with Crippen molar-refractivity contribution in [1.82, 2.24) is 15.6 Å². The Balaban J connectivity index is 0.00000338. The number of anilines is 1. The van der Waals surface area contributed by atoms with E-state index in [1.807, 2.05) is 50.2 Å². The molecule has 0 aliphatic carbocycles. The molecule has 0 spiro atoms. The maximum absolute atomic E-state index is 13.6. The molecule has 0 atom stereocenters. The van der Waals surface area contributed by atoms with Gasteiger partial charge in [0.2, 0.25) is 0 Å². The minimum atomic E-state index is -0.170. The van der Waals surface area contributed by atoms with Crippen LogP contribution >= 0.6 is 24.0 Å². The molecule has 0 bridgehead atoms. The van der Waals surface area contributed by atoms with Gasteiger partial charge >= 0.3 is 0 Å². The van der Waals surface area contributed by atoms with E-state index >= 15 is 0 Å². The average molecular weight is 471 g/mol. The Hall–Kier alpha value is -1.90. The molecule has 2 aromatic rings. The van der Waals surface area contributed by atoms with Gasteiger partial charge in [-0.15, -0.1) is 24.0 Å². The van der Waals surface area contributed by atoms with E-state index in [0.717, 1.165) is 18.1 Å². The molecule has 1 heterocycles. The first-order chi connectivity index (χ1) is 12.1. The van der Waals surface area contributed by atoms with Crippen LogP contribution in [0.5, 0.6) is 0 Å². The fraction of sp³-hybridized carbons (Fsp3) is 0.368. The third-order valence-electron chi connectivity index (χ3n) is 3.64. The van der Waals surface area contributed by atoms with Crippen LogP contribution in [0.1, 0.15) is 18.2 Å². The van der Waals surface area contributed by atoms with Crippen LogP contribution in [-0.2, 0) is 13.0 Å². The molecule has 2 N–H and O–H groups in total. The van der Waals surface area contributed by atoms with E-state index in [-0.39, 0.29) is 29.8 Å². The molecule has 0 aliphatic rings. The van der Waals surface area contributed by atoms with Gasteiger partial charge in [0.1, 0.15) is 11.6 Å². The van der Waals surface area contributed by atoms with Crippen LogP contribution in [0.15, 0.2) is 47.5 Å². The normalized spacial score (nSPS) is 10.8. The standard InChI is InChI=1S/C19H26FN5.HI/c1-4-21-19(22-13-12-15-8-5-6-10-17(15)20)23-14-16-9-7-11-18(24-16)25(2)3;/h5-11H,4,12-14H2,1-3H3,(H2,21,22,23);1H. The molecule has 2 rings (SSSR count). The number of halogens is 2. The molecule has 1 aromatic heterocycles. The summed E-state index contributed by atoms with van der Waals surface area (Å²) in [6.45, 7) is 3.87. The summed E-state index contributed by atoms with van der Waals surface area (Å²) in [5.41, 5.74) is 1.60. The zero-order valence-electron chi connectivity index (χ0n) is 15.5. The van der Waals surface area contributed by atoms with Gasteiger partial charge in [-0.2, -0.15) is 0 Å². The molecule has 26 heavy (non-hydrogen) atoms. The maximum Gasteiger partial charge on any atom is 0.191 e. The summed E-state index contributed by atoms with van der Waals surface area (Å²) in [5, 5.41) is 6.44. The van der Waals surface area contributed by atoms with E-state index in [0.29, 0.717) is 31.0 Å². The second-order valence-electron chi connectivity index (χ2n) is 5.84. The quantitative estimate of drug-likeness (QED) is 0.370. The van der Waals surface area contributed by atoms with E-state index in [4.69, 9.17) is 0 Å². The van der Waals surface area contributed by atoms with Gasteiger partial charge in [-0.25, -0.2) is 14.4 Å². The van der Waals surface area contributed by atoms with Crippen molar-refractivity contribution in [2.75, 3.05) is 32.1 Å². The molecule has 0 saturated heterocycles. The van der Waals surface area contributed by atoms with Crippen molar-refractivity contribution in [1.29, 1.82) is 0 Å². The van der Waals surface area contributed by atoms with E-state index in [1.165, 1.54) is 6.07 Å². The van der Waals surface area contributed by atoms with Crippen LogP contribution in [0.3, 0.4) is 0 Å². The topological polar surface area (TPSA) is 52.6 Å². The van der Waals surface area contributed by atoms with Crippen molar-refractivity contribution in [3.63, 3.8) is 0 Å². The Labute approximate surface area is 172 Å². The van der Waals surface area contributed by atoms with Gasteiger partial charge < -0.3 is 15.5 Å². The van der Waals surface area contributed by atoms with Crippen molar-refractivity contribution in [2.24, 2.45) is 4.99 Å². The summed E-state index contributed by atoms with van der Waals surface area (Å²) in [6, 6.07) is 12.7. The second kappa shape index (κ2) is 11.7. The molecular formula is C19H27FIN5. The largest absolute Gasteiger partial charge is 0.363 e. The van der Waals surface area contributed by atoms with E-state index in [9.17, 15) is 4.39 Å². The third-order valence-corrected chi connectivity index (χ3v) is 3.64. The lowest BCUT2D eigenvalue weighted by Crippen LogP contribution is -2.38. The zero-order valence-corrected chi connectivity index (χ0v) is 17.8. The third kappa shape index (κ3) is 7.15. The van der Waals surface area contributed by atoms with Crippen molar-refractivity contribution < 1.29 is 4.39 Å². The molecule has 7 heteroatoms. The number of hydrogen-bond acceptors (Lipinski definition) is 3. The molecule has 5 nitrogen and oxygen atoms in total. The minimum absolute atomic E-state index is 0. The van der Waals surface area contributed by atoms with Crippen molar-refractivity contribution in [2.45, 2.75) is 19.9 Å². The van der Waals surface area contributed by atoms with Crippen LogP contribution in [0.25, 0.3) is 0 Å². The van der Waals surface area contributed by atoms with Crippen molar-refractivity contribution >= 4 is 35.8 Å². The summed E-state index contributed by atoms with van der Waals surface area (Å²) in [4.78, 5) is 11.1. The highest BCUT2D eigenvalue weighted by atomic mass is 127. The molecule has 0 fully saturated rings. The zero-order chi connectivity index (χ0) is 18.1. The Morgan fingerprint density at radius 3 is 2.58 bits per heavy atom. The number of guanidine groups is 1. The molecule has 0 unspecified atom stereocenters. The van der Waals surface area contributed by atoms with Crippen LogP contribution in [0.2, 0.25) is 0 Å². The van der Waals surface area contributed by atoms with Crippen LogP contribution in [0.4, 0.5) is 10.2 Å². The maximum atomic E-state index is 13.6. The predicted molar refractivity (Wildman–Crippen MR) is 117 cm³/mol. The number of rotatable bonds is 7. The molecule has 0 aliphatic heterocycles.